The second-order valence-corrected chi connectivity index (χ2v) is 6.07. The van der Waals surface area contributed by atoms with E-state index in [1.807, 2.05) is 30.3 Å². The lowest BCUT2D eigenvalue weighted by Gasteiger charge is -2.17. The van der Waals surface area contributed by atoms with E-state index in [2.05, 4.69) is 30.7 Å². The molecule has 0 aliphatic rings. The number of ether oxygens (including phenoxy) is 1. The molecule has 106 valence electrons. The first-order chi connectivity index (χ1) is 9.37. The Morgan fingerprint density at radius 2 is 1.75 bits per heavy atom. The van der Waals surface area contributed by atoms with E-state index in [-0.39, 0.29) is 5.41 Å². The van der Waals surface area contributed by atoms with E-state index in [4.69, 9.17) is 10.5 Å². The number of nitrogens with two attached hydrogens (primary N) is 1. The maximum Gasteiger partial charge on any atom is 0.220 e. The summed E-state index contributed by atoms with van der Waals surface area (Å²) in [5.74, 6) is 1.14. The Balaban J connectivity index is 2.35. The quantitative estimate of drug-likeness (QED) is 0.930. The maximum atomic E-state index is 5.82. The second-order valence-electron chi connectivity index (χ2n) is 6.07. The minimum Gasteiger partial charge on any atom is -0.497 e. The Hall–Kier alpha value is -2.10. The van der Waals surface area contributed by atoms with Crippen molar-refractivity contribution in [1.29, 1.82) is 0 Å². The Bertz CT molecular complexity index is 586. The van der Waals surface area contributed by atoms with E-state index in [1.165, 1.54) is 0 Å². The molecule has 0 fully saturated rings. The summed E-state index contributed by atoms with van der Waals surface area (Å²) in [6, 6.07) is 9.78. The standard InChI is InChI=1S/C16H21N3O/c1-16(2,3)10-12-9-14(19-15(17)18-12)11-5-7-13(20-4)8-6-11/h5-9H,10H2,1-4H3,(H2,17,18,19). The van der Waals surface area contributed by atoms with Gasteiger partial charge in [0.1, 0.15) is 5.75 Å². The third-order valence-electron chi connectivity index (χ3n) is 2.89. The van der Waals surface area contributed by atoms with Crippen molar-refractivity contribution < 1.29 is 4.74 Å². The molecule has 1 aromatic carbocycles. The predicted octanol–water partition coefficient (Wildman–Crippen LogP) is 3.32. The van der Waals surface area contributed by atoms with Crippen LogP contribution in [0.2, 0.25) is 0 Å². The Labute approximate surface area is 120 Å². The Kier molecular flexibility index (Phi) is 3.93. The van der Waals surface area contributed by atoms with Gasteiger partial charge in [0.25, 0.3) is 0 Å². The van der Waals surface area contributed by atoms with Gasteiger partial charge in [-0.1, -0.05) is 20.8 Å². The molecule has 2 aromatic rings. The van der Waals surface area contributed by atoms with Crippen LogP contribution in [0.3, 0.4) is 0 Å². The summed E-state index contributed by atoms with van der Waals surface area (Å²) in [4.78, 5) is 8.64. The first-order valence-electron chi connectivity index (χ1n) is 6.65. The zero-order chi connectivity index (χ0) is 14.8. The maximum absolute atomic E-state index is 5.82. The molecule has 0 bridgehead atoms. The molecular weight excluding hydrogens is 250 g/mol. The average molecular weight is 271 g/mol. The molecule has 20 heavy (non-hydrogen) atoms. The fraction of sp³-hybridized carbons (Fsp3) is 0.375. The number of rotatable bonds is 3. The molecule has 0 saturated carbocycles. The number of aromatic nitrogens is 2. The van der Waals surface area contributed by atoms with E-state index in [0.29, 0.717) is 5.95 Å². The average Bonchev–Trinajstić information content (AvgIpc) is 2.36. The molecule has 0 atom stereocenters. The lowest BCUT2D eigenvalue weighted by molar-refractivity contribution is 0.406. The normalized spacial score (nSPS) is 11.4. The molecule has 0 spiro atoms. The molecule has 0 aliphatic carbocycles. The number of nitrogen functional groups attached to an aromatic ring is 1. The third-order valence-corrected chi connectivity index (χ3v) is 2.89. The van der Waals surface area contributed by atoms with Crippen molar-refractivity contribution in [3.8, 4) is 17.0 Å². The highest BCUT2D eigenvalue weighted by Gasteiger charge is 2.14. The molecule has 0 aliphatic heterocycles. The van der Waals surface area contributed by atoms with Gasteiger partial charge < -0.3 is 10.5 Å². The van der Waals surface area contributed by atoms with Crippen LogP contribution in [-0.4, -0.2) is 17.1 Å². The van der Waals surface area contributed by atoms with Crippen molar-refractivity contribution in [2.75, 3.05) is 12.8 Å². The molecule has 4 heteroatoms. The summed E-state index contributed by atoms with van der Waals surface area (Å²) in [7, 11) is 1.65. The van der Waals surface area contributed by atoms with Crippen molar-refractivity contribution in [3.63, 3.8) is 0 Å². The summed E-state index contributed by atoms with van der Waals surface area (Å²) in [6.07, 6.45) is 0.864. The number of hydrogen-bond acceptors (Lipinski definition) is 4. The summed E-state index contributed by atoms with van der Waals surface area (Å²) >= 11 is 0. The highest BCUT2D eigenvalue weighted by Crippen LogP contribution is 2.25. The second kappa shape index (κ2) is 5.49. The van der Waals surface area contributed by atoms with Crippen LogP contribution in [-0.2, 0) is 6.42 Å². The van der Waals surface area contributed by atoms with Crippen molar-refractivity contribution >= 4 is 5.95 Å². The van der Waals surface area contributed by atoms with Gasteiger partial charge in [0, 0.05) is 11.3 Å². The zero-order valence-corrected chi connectivity index (χ0v) is 12.5. The van der Waals surface area contributed by atoms with Gasteiger partial charge in [0.2, 0.25) is 5.95 Å². The van der Waals surface area contributed by atoms with Crippen LogP contribution in [0.15, 0.2) is 30.3 Å². The van der Waals surface area contributed by atoms with Gasteiger partial charge in [0.05, 0.1) is 12.8 Å². The predicted molar refractivity (Wildman–Crippen MR) is 81.6 cm³/mol. The zero-order valence-electron chi connectivity index (χ0n) is 12.5. The molecule has 2 N–H and O–H groups in total. The Morgan fingerprint density at radius 3 is 2.30 bits per heavy atom. The lowest BCUT2D eigenvalue weighted by atomic mass is 9.90. The van der Waals surface area contributed by atoms with Gasteiger partial charge in [-0.3, -0.25) is 0 Å². The van der Waals surface area contributed by atoms with Gasteiger partial charge in [-0.15, -0.1) is 0 Å². The van der Waals surface area contributed by atoms with Crippen LogP contribution in [0.25, 0.3) is 11.3 Å². The highest BCUT2D eigenvalue weighted by molar-refractivity contribution is 5.61. The molecule has 1 heterocycles. The van der Waals surface area contributed by atoms with Crippen LogP contribution in [0, 0.1) is 5.41 Å². The van der Waals surface area contributed by atoms with Crippen molar-refractivity contribution in [2.45, 2.75) is 27.2 Å². The fourth-order valence-corrected chi connectivity index (χ4v) is 2.06. The minimum absolute atomic E-state index is 0.165. The van der Waals surface area contributed by atoms with Gasteiger partial charge in [-0.05, 0) is 42.2 Å². The van der Waals surface area contributed by atoms with Crippen LogP contribution >= 0.6 is 0 Å². The Morgan fingerprint density at radius 1 is 1.10 bits per heavy atom. The number of hydrogen-bond donors (Lipinski definition) is 1. The van der Waals surface area contributed by atoms with E-state index >= 15 is 0 Å². The molecule has 0 unspecified atom stereocenters. The van der Waals surface area contributed by atoms with Crippen molar-refractivity contribution in [2.24, 2.45) is 5.41 Å². The molecule has 0 radical (unpaired) electrons. The van der Waals surface area contributed by atoms with Crippen LogP contribution in [0.5, 0.6) is 5.75 Å². The molecule has 0 saturated heterocycles. The van der Waals surface area contributed by atoms with Gasteiger partial charge in [-0.2, -0.15) is 0 Å². The van der Waals surface area contributed by atoms with Crippen LogP contribution in [0.4, 0.5) is 5.95 Å². The van der Waals surface area contributed by atoms with Gasteiger partial charge in [-0.25, -0.2) is 9.97 Å². The summed E-state index contributed by atoms with van der Waals surface area (Å²) in [5.41, 5.74) is 8.81. The van der Waals surface area contributed by atoms with Crippen molar-refractivity contribution in [1.82, 2.24) is 9.97 Å². The largest absolute Gasteiger partial charge is 0.497 e. The number of nitrogens with zero attached hydrogens (tertiary/aromatic N) is 2. The molecule has 2 rings (SSSR count). The topological polar surface area (TPSA) is 61.0 Å². The molecule has 1 aromatic heterocycles. The fourth-order valence-electron chi connectivity index (χ4n) is 2.06. The van der Waals surface area contributed by atoms with E-state index in [1.54, 1.807) is 7.11 Å². The van der Waals surface area contributed by atoms with Gasteiger partial charge in [0.15, 0.2) is 0 Å². The third kappa shape index (κ3) is 3.70. The molecular formula is C16H21N3O. The first kappa shape index (κ1) is 14.3. The summed E-state index contributed by atoms with van der Waals surface area (Å²) in [6.45, 7) is 6.54. The van der Waals surface area contributed by atoms with Crippen LogP contribution < -0.4 is 10.5 Å². The lowest BCUT2D eigenvalue weighted by Crippen LogP contribution is -2.12. The SMILES string of the molecule is COc1ccc(-c2cc(CC(C)(C)C)nc(N)n2)cc1. The van der Waals surface area contributed by atoms with E-state index < -0.39 is 0 Å². The monoisotopic (exact) mass is 271 g/mol. The van der Waals surface area contributed by atoms with E-state index in [0.717, 1.165) is 29.1 Å². The van der Waals surface area contributed by atoms with Crippen LogP contribution in [0.1, 0.15) is 26.5 Å². The molecule has 4 nitrogen and oxygen atoms in total. The number of anilines is 1. The van der Waals surface area contributed by atoms with Gasteiger partial charge >= 0.3 is 0 Å². The number of benzene rings is 1. The summed E-state index contributed by atoms with van der Waals surface area (Å²) < 4.78 is 5.16. The first-order valence-corrected chi connectivity index (χ1v) is 6.65. The molecule has 0 amide bonds. The van der Waals surface area contributed by atoms with E-state index in [9.17, 15) is 0 Å². The van der Waals surface area contributed by atoms with Crippen molar-refractivity contribution in [3.05, 3.63) is 36.0 Å². The highest BCUT2D eigenvalue weighted by atomic mass is 16.5. The minimum atomic E-state index is 0.165. The smallest absolute Gasteiger partial charge is 0.220 e. The summed E-state index contributed by atoms with van der Waals surface area (Å²) in [5, 5.41) is 0. The number of methoxy groups -OCH3 is 1.